The molecule has 1 N–H and O–H groups in total. The zero-order chi connectivity index (χ0) is 16.2. The van der Waals surface area contributed by atoms with Crippen molar-refractivity contribution in [2.75, 3.05) is 21.0 Å². The quantitative estimate of drug-likeness (QED) is 0.852. The van der Waals surface area contributed by atoms with Crippen LogP contribution < -0.4 is 24.3 Å². The van der Waals surface area contributed by atoms with Gasteiger partial charge in [0.25, 0.3) is 5.91 Å². The van der Waals surface area contributed by atoms with E-state index in [1.807, 2.05) is 0 Å². The average molecular weight is 318 g/mol. The highest BCUT2D eigenvalue weighted by Gasteiger charge is 2.16. The molecule has 2 heterocycles. The fraction of sp³-hybridized carbons (Fsp3) is 0.286. The van der Waals surface area contributed by atoms with Crippen LogP contribution in [0, 0.1) is 0 Å². The molecule has 0 bridgehead atoms. The molecular formula is C14H14N4O5. The number of carbonyl (C=O) groups excluding carboxylic acids is 1. The van der Waals surface area contributed by atoms with Gasteiger partial charge in [-0.2, -0.15) is 9.97 Å². The SMILES string of the molecule is COc1nc(CNC(=O)c2ccc3c(c2)OCO3)nc(OC)n1. The van der Waals surface area contributed by atoms with E-state index in [1.54, 1.807) is 18.2 Å². The largest absolute Gasteiger partial charge is 0.467 e. The van der Waals surface area contributed by atoms with Gasteiger partial charge in [0, 0.05) is 5.56 Å². The third-order valence-electron chi connectivity index (χ3n) is 3.05. The predicted octanol–water partition coefficient (Wildman–Crippen LogP) is 0.548. The number of rotatable bonds is 5. The first-order chi connectivity index (χ1) is 11.2. The molecule has 0 saturated heterocycles. The minimum Gasteiger partial charge on any atom is -0.467 e. The topological polar surface area (TPSA) is 105 Å². The number of nitrogens with one attached hydrogen (secondary N) is 1. The van der Waals surface area contributed by atoms with Crippen LogP contribution in [0.15, 0.2) is 18.2 Å². The number of ether oxygens (including phenoxy) is 4. The first-order valence-corrected chi connectivity index (χ1v) is 6.70. The molecule has 2 aromatic rings. The van der Waals surface area contributed by atoms with Gasteiger partial charge in [-0.05, 0) is 18.2 Å². The van der Waals surface area contributed by atoms with E-state index >= 15 is 0 Å². The first kappa shape index (κ1) is 14.8. The highest BCUT2D eigenvalue weighted by atomic mass is 16.7. The molecule has 23 heavy (non-hydrogen) atoms. The van der Waals surface area contributed by atoms with Crippen molar-refractivity contribution in [1.29, 1.82) is 0 Å². The van der Waals surface area contributed by atoms with Gasteiger partial charge in [0.15, 0.2) is 17.3 Å². The minimum absolute atomic E-state index is 0.0997. The summed E-state index contributed by atoms with van der Waals surface area (Å²) in [6.07, 6.45) is 0. The van der Waals surface area contributed by atoms with Gasteiger partial charge in [0.1, 0.15) is 0 Å². The molecule has 0 atom stereocenters. The second-order valence-corrected chi connectivity index (χ2v) is 4.48. The number of methoxy groups -OCH3 is 2. The van der Waals surface area contributed by atoms with Gasteiger partial charge in [-0.25, -0.2) is 0 Å². The Morgan fingerprint density at radius 1 is 1.13 bits per heavy atom. The van der Waals surface area contributed by atoms with E-state index in [4.69, 9.17) is 18.9 Å². The molecule has 1 aromatic carbocycles. The summed E-state index contributed by atoms with van der Waals surface area (Å²) < 4.78 is 20.4. The lowest BCUT2D eigenvalue weighted by Crippen LogP contribution is -2.24. The molecule has 9 heteroatoms. The monoisotopic (exact) mass is 318 g/mol. The Balaban J connectivity index is 1.69. The van der Waals surface area contributed by atoms with Gasteiger partial charge < -0.3 is 24.3 Å². The first-order valence-electron chi connectivity index (χ1n) is 6.70. The summed E-state index contributed by atoms with van der Waals surface area (Å²) in [4.78, 5) is 24.1. The van der Waals surface area contributed by atoms with Crippen molar-refractivity contribution >= 4 is 5.91 Å². The van der Waals surface area contributed by atoms with Crippen LogP contribution in [0.3, 0.4) is 0 Å². The Morgan fingerprint density at radius 3 is 2.52 bits per heavy atom. The Hall–Kier alpha value is -3.10. The fourth-order valence-corrected chi connectivity index (χ4v) is 1.94. The number of aromatic nitrogens is 3. The van der Waals surface area contributed by atoms with Crippen molar-refractivity contribution in [3.05, 3.63) is 29.6 Å². The highest BCUT2D eigenvalue weighted by molar-refractivity contribution is 5.94. The standard InChI is InChI=1S/C14H14N4O5/c1-20-13-16-11(17-14(18-13)21-2)6-15-12(19)8-3-4-9-10(5-8)23-7-22-9/h3-5H,6-7H2,1-2H3,(H,15,19). The molecule has 1 aliphatic rings. The molecular weight excluding hydrogens is 304 g/mol. The van der Waals surface area contributed by atoms with E-state index in [0.717, 1.165) is 0 Å². The van der Waals surface area contributed by atoms with Crippen LogP contribution in [0.4, 0.5) is 0 Å². The normalized spacial score (nSPS) is 11.9. The lowest BCUT2D eigenvalue weighted by atomic mass is 10.2. The molecule has 0 radical (unpaired) electrons. The fourth-order valence-electron chi connectivity index (χ4n) is 1.94. The maximum atomic E-state index is 12.2. The second kappa shape index (κ2) is 6.34. The lowest BCUT2D eigenvalue weighted by molar-refractivity contribution is 0.0949. The van der Waals surface area contributed by atoms with Crippen molar-refractivity contribution in [3.8, 4) is 23.5 Å². The highest BCUT2D eigenvalue weighted by Crippen LogP contribution is 2.32. The number of hydrogen-bond donors (Lipinski definition) is 1. The zero-order valence-corrected chi connectivity index (χ0v) is 12.5. The summed E-state index contributed by atoms with van der Waals surface area (Å²) in [5, 5.41) is 2.71. The summed E-state index contributed by atoms with van der Waals surface area (Å²) >= 11 is 0. The Kier molecular flexibility index (Phi) is 4.09. The molecule has 9 nitrogen and oxygen atoms in total. The summed E-state index contributed by atoms with van der Waals surface area (Å²) in [5.41, 5.74) is 0.447. The number of carbonyl (C=O) groups is 1. The number of fused-ring (bicyclic) bond motifs is 1. The Bertz CT molecular complexity index is 715. The smallest absolute Gasteiger partial charge is 0.322 e. The van der Waals surface area contributed by atoms with E-state index < -0.39 is 0 Å². The molecule has 0 fully saturated rings. The van der Waals surface area contributed by atoms with Crippen LogP contribution in [-0.4, -0.2) is 41.9 Å². The van der Waals surface area contributed by atoms with Gasteiger partial charge in [-0.15, -0.1) is 4.98 Å². The Morgan fingerprint density at radius 2 is 1.83 bits per heavy atom. The summed E-state index contributed by atoms with van der Waals surface area (Å²) in [6.45, 7) is 0.257. The average Bonchev–Trinajstić information content (AvgIpc) is 3.06. The lowest BCUT2D eigenvalue weighted by Gasteiger charge is -2.07. The number of benzene rings is 1. The van der Waals surface area contributed by atoms with Gasteiger partial charge in [0.2, 0.25) is 6.79 Å². The summed E-state index contributed by atoms with van der Waals surface area (Å²) in [5.74, 6) is 1.19. The van der Waals surface area contributed by atoms with Crippen molar-refractivity contribution < 1.29 is 23.7 Å². The molecule has 0 saturated carbocycles. The van der Waals surface area contributed by atoms with Gasteiger partial charge in [-0.1, -0.05) is 0 Å². The van der Waals surface area contributed by atoms with Gasteiger partial charge in [-0.3, -0.25) is 4.79 Å². The van der Waals surface area contributed by atoms with Crippen LogP contribution in [0.5, 0.6) is 23.5 Å². The Labute approximate surface area is 131 Å². The van der Waals surface area contributed by atoms with Crippen molar-refractivity contribution in [3.63, 3.8) is 0 Å². The third kappa shape index (κ3) is 3.23. The number of hydrogen-bond acceptors (Lipinski definition) is 8. The van der Waals surface area contributed by atoms with E-state index in [1.165, 1.54) is 14.2 Å². The minimum atomic E-state index is -0.290. The maximum Gasteiger partial charge on any atom is 0.322 e. The molecule has 120 valence electrons. The molecule has 3 rings (SSSR count). The molecule has 1 amide bonds. The van der Waals surface area contributed by atoms with Crippen molar-refractivity contribution in [1.82, 2.24) is 20.3 Å². The molecule has 1 aliphatic heterocycles. The van der Waals surface area contributed by atoms with Crippen LogP contribution in [-0.2, 0) is 6.54 Å². The van der Waals surface area contributed by atoms with Crippen molar-refractivity contribution in [2.24, 2.45) is 0 Å². The van der Waals surface area contributed by atoms with E-state index in [9.17, 15) is 4.79 Å². The number of amides is 1. The van der Waals surface area contributed by atoms with Crippen molar-refractivity contribution in [2.45, 2.75) is 6.54 Å². The van der Waals surface area contributed by atoms with Crippen LogP contribution in [0.2, 0.25) is 0 Å². The molecule has 0 spiro atoms. The number of nitrogens with zero attached hydrogens (tertiary/aromatic N) is 3. The summed E-state index contributed by atoms with van der Waals surface area (Å²) in [6, 6.07) is 5.18. The summed E-state index contributed by atoms with van der Waals surface area (Å²) in [7, 11) is 2.87. The molecule has 0 aliphatic carbocycles. The molecule has 0 unspecified atom stereocenters. The van der Waals surface area contributed by atoms with Crippen LogP contribution >= 0.6 is 0 Å². The van der Waals surface area contributed by atoms with E-state index in [-0.39, 0.29) is 31.3 Å². The molecule has 1 aromatic heterocycles. The van der Waals surface area contributed by atoms with Crippen LogP contribution in [0.25, 0.3) is 0 Å². The predicted molar refractivity (Wildman–Crippen MR) is 76.7 cm³/mol. The zero-order valence-electron chi connectivity index (χ0n) is 12.5. The van der Waals surface area contributed by atoms with E-state index in [2.05, 4.69) is 20.3 Å². The second-order valence-electron chi connectivity index (χ2n) is 4.48. The van der Waals surface area contributed by atoms with E-state index in [0.29, 0.717) is 22.9 Å². The maximum absolute atomic E-state index is 12.2. The van der Waals surface area contributed by atoms with Gasteiger partial charge in [0.05, 0.1) is 20.8 Å². The van der Waals surface area contributed by atoms with Crippen LogP contribution in [0.1, 0.15) is 16.2 Å². The third-order valence-corrected chi connectivity index (χ3v) is 3.05. The van der Waals surface area contributed by atoms with Gasteiger partial charge >= 0.3 is 12.0 Å².